The third-order valence-electron chi connectivity index (χ3n) is 4.60. The number of hydrogen-bond donors (Lipinski definition) is 1. The normalized spacial score (nSPS) is 16.4. The first kappa shape index (κ1) is 18.7. The standard InChI is InChI=1S/C22H24N2O3/c1-14(2)17-8-5-16(6-9-17)7-12-21(25)23-18-10-11-20-19(13-18)24(4)22(26)15(3)27-20/h5-15H,1-4H3,(H,23,25)/b12-7+. The highest BCUT2D eigenvalue weighted by Gasteiger charge is 2.28. The average molecular weight is 364 g/mol. The molecule has 1 atom stereocenters. The lowest BCUT2D eigenvalue weighted by atomic mass is 10.0. The van der Waals surface area contributed by atoms with Crippen LogP contribution in [0.25, 0.3) is 6.08 Å². The summed E-state index contributed by atoms with van der Waals surface area (Å²) in [5.41, 5.74) is 3.48. The summed E-state index contributed by atoms with van der Waals surface area (Å²) in [4.78, 5) is 25.8. The molecule has 1 unspecified atom stereocenters. The fourth-order valence-corrected chi connectivity index (χ4v) is 2.94. The molecule has 140 valence electrons. The molecule has 0 radical (unpaired) electrons. The third-order valence-corrected chi connectivity index (χ3v) is 4.60. The Balaban J connectivity index is 1.68. The molecule has 2 amide bonds. The molecule has 0 saturated carbocycles. The summed E-state index contributed by atoms with van der Waals surface area (Å²) in [5.74, 6) is 0.758. The Morgan fingerprint density at radius 3 is 2.56 bits per heavy atom. The molecule has 5 heteroatoms. The number of likely N-dealkylation sites (N-methyl/N-ethyl adjacent to an activating group) is 1. The summed E-state index contributed by atoms with van der Waals surface area (Å²) < 4.78 is 5.59. The number of ether oxygens (including phenoxy) is 1. The lowest BCUT2D eigenvalue weighted by Gasteiger charge is -2.30. The summed E-state index contributed by atoms with van der Waals surface area (Å²) in [7, 11) is 1.70. The zero-order valence-electron chi connectivity index (χ0n) is 16.0. The van der Waals surface area contributed by atoms with Crippen LogP contribution in [0, 0.1) is 0 Å². The van der Waals surface area contributed by atoms with Gasteiger partial charge in [-0.25, -0.2) is 0 Å². The molecule has 2 aromatic carbocycles. The van der Waals surface area contributed by atoms with Crippen molar-refractivity contribution in [3.63, 3.8) is 0 Å². The molecule has 1 aliphatic rings. The quantitative estimate of drug-likeness (QED) is 0.827. The van der Waals surface area contributed by atoms with Gasteiger partial charge in [-0.1, -0.05) is 38.1 Å². The monoisotopic (exact) mass is 364 g/mol. The van der Waals surface area contributed by atoms with Gasteiger partial charge in [0, 0.05) is 18.8 Å². The number of nitrogens with one attached hydrogen (secondary N) is 1. The van der Waals surface area contributed by atoms with Gasteiger partial charge in [0.1, 0.15) is 5.75 Å². The van der Waals surface area contributed by atoms with Gasteiger partial charge in [-0.2, -0.15) is 0 Å². The number of nitrogens with zero attached hydrogens (tertiary/aromatic N) is 1. The molecule has 0 aliphatic carbocycles. The molecule has 3 rings (SSSR count). The smallest absolute Gasteiger partial charge is 0.267 e. The molecule has 5 nitrogen and oxygen atoms in total. The zero-order valence-corrected chi connectivity index (χ0v) is 16.0. The van der Waals surface area contributed by atoms with Crippen molar-refractivity contribution in [3.05, 3.63) is 59.7 Å². The third kappa shape index (κ3) is 4.19. The second-order valence-corrected chi connectivity index (χ2v) is 6.98. The van der Waals surface area contributed by atoms with E-state index < -0.39 is 6.10 Å². The van der Waals surface area contributed by atoms with Crippen molar-refractivity contribution in [1.29, 1.82) is 0 Å². The van der Waals surface area contributed by atoms with Gasteiger partial charge in [0.2, 0.25) is 5.91 Å². The van der Waals surface area contributed by atoms with Crippen molar-refractivity contribution in [3.8, 4) is 5.75 Å². The highest BCUT2D eigenvalue weighted by molar-refractivity contribution is 6.04. The summed E-state index contributed by atoms with van der Waals surface area (Å²) in [5, 5.41) is 2.82. The minimum atomic E-state index is -0.507. The van der Waals surface area contributed by atoms with E-state index in [4.69, 9.17) is 4.74 Å². The van der Waals surface area contributed by atoms with Gasteiger partial charge in [-0.05, 0) is 48.2 Å². The van der Waals surface area contributed by atoms with Gasteiger partial charge in [0.05, 0.1) is 5.69 Å². The predicted molar refractivity (Wildman–Crippen MR) is 108 cm³/mol. The number of carbonyl (C=O) groups is 2. The maximum absolute atomic E-state index is 12.2. The van der Waals surface area contributed by atoms with E-state index in [1.165, 1.54) is 11.6 Å². The Labute approximate surface area is 159 Å². The number of fused-ring (bicyclic) bond motifs is 1. The molecule has 27 heavy (non-hydrogen) atoms. The van der Waals surface area contributed by atoms with Crippen LogP contribution in [0.15, 0.2) is 48.5 Å². The van der Waals surface area contributed by atoms with E-state index in [1.54, 1.807) is 43.1 Å². The zero-order chi connectivity index (χ0) is 19.6. The SMILES string of the molecule is CC1Oc2ccc(NC(=O)/C=C/c3ccc(C(C)C)cc3)cc2N(C)C1=O. The van der Waals surface area contributed by atoms with Crippen molar-refractivity contribution in [2.24, 2.45) is 0 Å². The van der Waals surface area contributed by atoms with Crippen molar-refractivity contribution < 1.29 is 14.3 Å². The highest BCUT2D eigenvalue weighted by atomic mass is 16.5. The van der Waals surface area contributed by atoms with Crippen LogP contribution in [0.5, 0.6) is 5.75 Å². The minimum absolute atomic E-state index is 0.115. The summed E-state index contributed by atoms with van der Waals surface area (Å²) in [6.45, 7) is 6.01. The lowest BCUT2D eigenvalue weighted by Crippen LogP contribution is -2.41. The van der Waals surface area contributed by atoms with Crippen molar-refractivity contribution >= 4 is 29.3 Å². The van der Waals surface area contributed by atoms with Crippen LogP contribution in [0.1, 0.15) is 37.8 Å². The summed E-state index contributed by atoms with van der Waals surface area (Å²) >= 11 is 0. The minimum Gasteiger partial charge on any atom is -0.479 e. The van der Waals surface area contributed by atoms with E-state index >= 15 is 0 Å². The van der Waals surface area contributed by atoms with Crippen LogP contribution in [0.4, 0.5) is 11.4 Å². The topological polar surface area (TPSA) is 58.6 Å². The first-order valence-corrected chi connectivity index (χ1v) is 9.02. The molecule has 2 aromatic rings. The number of rotatable bonds is 4. The molecule has 1 aliphatic heterocycles. The molecular weight excluding hydrogens is 340 g/mol. The lowest BCUT2D eigenvalue weighted by molar-refractivity contribution is -0.125. The van der Waals surface area contributed by atoms with Crippen LogP contribution in [-0.2, 0) is 9.59 Å². The van der Waals surface area contributed by atoms with Gasteiger partial charge in [0.15, 0.2) is 6.10 Å². The van der Waals surface area contributed by atoms with E-state index in [-0.39, 0.29) is 11.8 Å². The van der Waals surface area contributed by atoms with Crippen molar-refractivity contribution in [2.75, 3.05) is 17.3 Å². The molecule has 0 fully saturated rings. The van der Waals surface area contributed by atoms with Crippen LogP contribution >= 0.6 is 0 Å². The maximum atomic E-state index is 12.2. The molecule has 0 aromatic heterocycles. The Bertz CT molecular complexity index is 885. The van der Waals surface area contributed by atoms with Crippen LogP contribution in [-0.4, -0.2) is 25.0 Å². The van der Waals surface area contributed by atoms with E-state index in [0.29, 0.717) is 23.0 Å². The van der Waals surface area contributed by atoms with Crippen LogP contribution in [0.3, 0.4) is 0 Å². The van der Waals surface area contributed by atoms with Gasteiger partial charge in [-0.15, -0.1) is 0 Å². The van der Waals surface area contributed by atoms with Crippen LogP contribution in [0.2, 0.25) is 0 Å². The Morgan fingerprint density at radius 1 is 1.19 bits per heavy atom. The Kier molecular flexibility index (Phi) is 5.31. The molecule has 1 heterocycles. The van der Waals surface area contributed by atoms with Gasteiger partial charge < -0.3 is 15.0 Å². The molecule has 0 bridgehead atoms. The number of carbonyl (C=O) groups excluding carboxylic acids is 2. The summed E-state index contributed by atoms with van der Waals surface area (Å²) in [6.07, 6.45) is 2.77. The Morgan fingerprint density at radius 2 is 1.89 bits per heavy atom. The van der Waals surface area contributed by atoms with Gasteiger partial charge in [0.25, 0.3) is 5.91 Å². The van der Waals surface area contributed by atoms with E-state index in [0.717, 1.165) is 5.56 Å². The molecular formula is C22H24N2O3. The van der Waals surface area contributed by atoms with E-state index in [2.05, 4.69) is 31.3 Å². The van der Waals surface area contributed by atoms with Gasteiger partial charge in [-0.3, -0.25) is 9.59 Å². The maximum Gasteiger partial charge on any atom is 0.267 e. The molecule has 1 N–H and O–H groups in total. The highest BCUT2D eigenvalue weighted by Crippen LogP contribution is 2.35. The van der Waals surface area contributed by atoms with E-state index in [1.807, 2.05) is 12.1 Å². The Hall–Kier alpha value is -3.08. The first-order valence-electron chi connectivity index (χ1n) is 9.02. The number of benzene rings is 2. The van der Waals surface area contributed by atoms with Crippen molar-refractivity contribution in [1.82, 2.24) is 0 Å². The summed E-state index contributed by atoms with van der Waals surface area (Å²) in [6, 6.07) is 13.4. The van der Waals surface area contributed by atoms with Gasteiger partial charge >= 0.3 is 0 Å². The fourth-order valence-electron chi connectivity index (χ4n) is 2.94. The van der Waals surface area contributed by atoms with Crippen molar-refractivity contribution in [2.45, 2.75) is 32.8 Å². The predicted octanol–water partition coefficient (Wildman–Crippen LogP) is 4.21. The number of anilines is 2. The first-order chi connectivity index (χ1) is 12.8. The average Bonchev–Trinajstić information content (AvgIpc) is 2.65. The molecule has 0 saturated heterocycles. The second kappa shape index (κ2) is 7.66. The van der Waals surface area contributed by atoms with Crippen LogP contribution < -0.4 is 15.0 Å². The number of hydrogen-bond acceptors (Lipinski definition) is 3. The molecule has 0 spiro atoms. The largest absolute Gasteiger partial charge is 0.479 e. The van der Waals surface area contributed by atoms with E-state index in [9.17, 15) is 9.59 Å². The fraction of sp³-hybridized carbons (Fsp3) is 0.273. The second-order valence-electron chi connectivity index (χ2n) is 6.98. The number of amides is 2.